The van der Waals surface area contributed by atoms with Crippen molar-refractivity contribution in [2.75, 3.05) is 18.2 Å². The number of nitrogens with zero attached hydrogens (tertiary/aromatic N) is 1. The van der Waals surface area contributed by atoms with Gasteiger partial charge in [0.1, 0.15) is 0 Å². The van der Waals surface area contributed by atoms with E-state index in [4.69, 9.17) is 11.6 Å². The molecule has 5 heteroatoms. The van der Waals surface area contributed by atoms with E-state index >= 15 is 0 Å². The summed E-state index contributed by atoms with van der Waals surface area (Å²) in [6.45, 7) is 2.40. The Hall–Kier alpha value is 0.200. The van der Waals surface area contributed by atoms with E-state index in [0.717, 1.165) is 25.7 Å². The molecule has 0 aromatic rings. The number of hydrogen-bond acceptors (Lipinski definition) is 2. The average molecular weight is 240 g/mol. The minimum atomic E-state index is -2.99. The molecule has 0 aromatic carbocycles. The highest BCUT2D eigenvalue weighted by atomic mass is 35.5. The van der Waals surface area contributed by atoms with Crippen molar-refractivity contribution in [1.82, 2.24) is 4.31 Å². The van der Waals surface area contributed by atoms with Gasteiger partial charge in [-0.2, -0.15) is 4.31 Å². The van der Waals surface area contributed by atoms with Gasteiger partial charge in [-0.1, -0.05) is 0 Å². The van der Waals surface area contributed by atoms with Crippen LogP contribution in [0.4, 0.5) is 0 Å². The van der Waals surface area contributed by atoms with Crippen molar-refractivity contribution < 1.29 is 8.42 Å². The van der Waals surface area contributed by atoms with Gasteiger partial charge in [0.25, 0.3) is 0 Å². The van der Waals surface area contributed by atoms with Crippen LogP contribution in [-0.2, 0) is 10.0 Å². The van der Waals surface area contributed by atoms with Gasteiger partial charge in [0.15, 0.2) is 0 Å². The van der Waals surface area contributed by atoms with E-state index in [0.29, 0.717) is 12.4 Å². The van der Waals surface area contributed by atoms with Gasteiger partial charge in [0, 0.05) is 18.5 Å². The van der Waals surface area contributed by atoms with Crippen LogP contribution in [0.3, 0.4) is 0 Å². The van der Waals surface area contributed by atoms with Crippen LogP contribution in [0.25, 0.3) is 0 Å². The Balaban J connectivity index is 2.59. The van der Waals surface area contributed by atoms with Crippen molar-refractivity contribution in [2.45, 2.75) is 38.6 Å². The lowest BCUT2D eigenvalue weighted by molar-refractivity contribution is 0.369. The fraction of sp³-hybridized carbons (Fsp3) is 1.00. The molecule has 14 heavy (non-hydrogen) atoms. The van der Waals surface area contributed by atoms with E-state index in [1.807, 2.05) is 0 Å². The SMILES string of the molecule is CCS(=O)(=O)N1CCCC1CCCCl. The third-order valence-corrected chi connectivity index (χ3v) is 4.91. The Bertz CT molecular complexity index is 266. The molecule has 1 aliphatic heterocycles. The Labute approximate surface area is 91.5 Å². The molecular weight excluding hydrogens is 222 g/mol. The van der Waals surface area contributed by atoms with Crippen molar-refractivity contribution in [3.8, 4) is 0 Å². The molecule has 1 aliphatic rings. The number of hydrogen-bond donors (Lipinski definition) is 0. The third kappa shape index (κ3) is 2.84. The molecule has 1 atom stereocenters. The highest BCUT2D eigenvalue weighted by Crippen LogP contribution is 2.24. The molecule has 0 N–H and O–H groups in total. The molecule has 1 rings (SSSR count). The van der Waals surface area contributed by atoms with Crippen molar-refractivity contribution in [1.29, 1.82) is 0 Å². The predicted molar refractivity (Wildman–Crippen MR) is 59.1 cm³/mol. The van der Waals surface area contributed by atoms with Crippen LogP contribution in [0.2, 0.25) is 0 Å². The van der Waals surface area contributed by atoms with Gasteiger partial charge in [-0.25, -0.2) is 8.42 Å². The fourth-order valence-corrected chi connectivity index (χ4v) is 3.50. The Kier molecular flexibility index (Phi) is 4.67. The first-order valence-corrected chi connectivity index (χ1v) is 7.31. The molecule has 0 amide bonds. The van der Waals surface area contributed by atoms with E-state index in [9.17, 15) is 8.42 Å². The molecule has 0 aromatic heterocycles. The van der Waals surface area contributed by atoms with E-state index < -0.39 is 10.0 Å². The summed E-state index contributed by atoms with van der Waals surface area (Å²) in [5, 5.41) is 0. The molecule has 0 radical (unpaired) electrons. The van der Waals surface area contributed by atoms with Crippen LogP contribution in [0.15, 0.2) is 0 Å². The predicted octanol–water partition coefficient (Wildman–Crippen LogP) is 1.82. The van der Waals surface area contributed by atoms with Crippen LogP contribution < -0.4 is 0 Å². The second-order valence-electron chi connectivity index (χ2n) is 3.64. The lowest BCUT2D eigenvalue weighted by atomic mass is 10.1. The van der Waals surface area contributed by atoms with E-state index in [2.05, 4.69) is 0 Å². The topological polar surface area (TPSA) is 37.4 Å². The zero-order valence-electron chi connectivity index (χ0n) is 8.58. The van der Waals surface area contributed by atoms with Crippen LogP contribution >= 0.6 is 11.6 Å². The van der Waals surface area contributed by atoms with Gasteiger partial charge in [-0.05, 0) is 32.6 Å². The van der Waals surface area contributed by atoms with E-state index in [-0.39, 0.29) is 11.8 Å². The number of alkyl halides is 1. The fourth-order valence-electron chi connectivity index (χ4n) is 1.94. The average Bonchev–Trinajstić information content (AvgIpc) is 2.63. The quantitative estimate of drug-likeness (QED) is 0.687. The normalized spacial score (nSPS) is 24.3. The maximum atomic E-state index is 11.7. The Morgan fingerprint density at radius 1 is 1.50 bits per heavy atom. The first-order valence-electron chi connectivity index (χ1n) is 5.17. The van der Waals surface area contributed by atoms with Crippen molar-refractivity contribution in [3.05, 3.63) is 0 Å². The maximum Gasteiger partial charge on any atom is 0.214 e. The van der Waals surface area contributed by atoms with Crippen LogP contribution in [0.1, 0.15) is 32.6 Å². The summed E-state index contributed by atoms with van der Waals surface area (Å²) in [7, 11) is -2.99. The number of halogens is 1. The third-order valence-electron chi connectivity index (χ3n) is 2.72. The summed E-state index contributed by atoms with van der Waals surface area (Å²) >= 11 is 5.61. The minimum Gasteiger partial charge on any atom is -0.212 e. The molecule has 0 bridgehead atoms. The monoisotopic (exact) mass is 239 g/mol. The second-order valence-corrected chi connectivity index (χ2v) is 6.23. The largest absolute Gasteiger partial charge is 0.214 e. The summed E-state index contributed by atoms with van der Waals surface area (Å²) in [5.41, 5.74) is 0. The first-order chi connectivity index (χ1) is 6.61. The van der Waals surface area contributed by atoms with Gasteiger partial charge in [-0.15, -0.1) is 11.6 Å². The van der Waals surface area contributed by atoms with E-state index in [1.54, 1.807) is 11.2 Å². The smallest absolute Gasteiger partial charge is 0.212 e. The Morgan fingerprint density at radius 2 is 2.21 bits per heavy atom. The molecule has 1 heterocycles. The minimum absolute atomic E-state index is 0.207. The number of sulfonamides is 1. The molecule has 1 saturated heterocycles. The summed E-state index contributed by atoms with van der Waals surface area (Å²) < 4.78 is 25.0. The standard InChI is InChI=1S/C9H18ClNO2S/c1-2-14(12,13)11-8-4-6-9(11)5-3-7-10/h9H,2-8H2,1H3. The molecule has 1 fully saturated rings. The van der Waals surface area contributed by atoms with E-state index in [1.165, 1.54) is 0 Å². The summed E-state index contributed by atoms with van der Waals surface area (Å²) in [6.07, 6.45) is 3.80. The van der Waals surface area contributed by atoms with Gasteiger partial charge in [-0.3, -0.25) is 0 Å². The van der Waals surface area contributed by atoms with Crippen LogP contribution in [0.5, 0.6) is 0 Å². The van der Waals surface area contributed by atoms with Crippen LogP contribution in [-0.4, -0.2) is 36.9 Å². The zero-order chi connectivity index (χ0) is 10.6. The van der Waals surface area contributed by atoms with Gasteiger partial charge >= 0.3 is 0 Å². The van der Waals surface area contributed by atoms with Crippen molar-refractivity contribution in [2.24, 2.45) is 0 Å². The van der Waals surface area contributed by atoms with Crippen molar-refractivity contribution >= 4 is 21.6 Å². The maximum absolute atomic E-state index is 11.7. The van der Waals surface area contributed by atoms with Gasteiger partial charge in [0.05, 0.1) is 5.75 Å². The molecule has 84 valence electrons. The van der Waals surface area contributed by atoms with Crippen LogP contribution in [0, 0.1) is 0 Å². The summed E-state index contributed by atoms with van der Waals surface area (Å²) in [5.74, 6) is 0.834. The molecule has 0 aliphatic carbocycles. The molecule has 0 spiro atoms. The second kappa shape index (κ2) is 5.33. The Morgan fingerprint density at radius 3 is 2.79 bits per heavy atom. The lowest BCUT2D eigenvalue weighted by Crippen LogP contribution is -2.36. The highest BCUT2D eigenvalue weighted by molar-refractivity contribution is 7.89. The van der Waals surface area contributed by atoms with Crippen molar-refractivity contribution in [3.63, 3.8) is 0 Å². The van der Waals surface area contributed by atoms with Gasteiger partial charge < -0.3 is 0 Å². The first kappa shape index (κ1) is 12.3. The molecule has 1 unspecified atom stereocenters. The lowest BCUT2D eigenvalue weighted by Gasteiger charge is -2.22. The number of rotatable bonds is 5. The molecule has 3 nitrogen and oxygen atoms in total. The summed E-state index contributed by atoms with van der Waals surface area (Å²) in [4.78, 5) is 0. The molecule has 0 saturated carbocycles. The highest BCUT2D eigenvalue weighted by Gasteiger charge is 2.32. The summed E-state index contributed by atoms with van der Waals surface area (Å²) in [6, 6.07) is 0.207. The van der Waals surface area contributed by atoms with Gasteiger partial charge in [0.2, 0.25) is 10.0 Å². The molecular formula is C9H18ClNO2S. The zero-order valence-corrected chi connectivity index (χ0v) is 10.1.